The Kier molecular flexibility index (Phi) is 6.27. The second-order valence-electron chi connectivity index (χ2n) is 8.23. The molecule has 1 saturated heterocycles. The van der Waals surface area contributed by atoms with Gasteiger partial charge >= 0.3 is 6.09 Å². The lowest BCUT2D eigenvalue weighted by Gasteiger charge is -2.43. The molecule has 1 fully saturated rings. The predicted molar refractivity (Wildman–Crippen MR) is 121 cm³/mol. The maximum Gasteiger partial charge on any atom is 0.411 e. The van der Waals surface area contributed by atoms with Gasteiger partial charge in [0.05, 0.1) is 6.04 Å². The number of hydrogen-bond donors (Lipinski definition) is 0. The van der Waals surface area contributed by atoms with Gasteiger partial charge in [0.15, 0.2) is 0 Å². The van der Waals surface area contributed by atoms with Crippen LogP contribution in [0.2, 0.25) is 0 Å². The van der Waals surface area contributed by atoms with E-state index in [2.05, 4.69) is 6.58 Å². The number of hydrogen-bond acceptors (Lipinski definition) is 2. The zero-order chi connectivity index (χ0) is 23.6. The van der Waals surface area contributed by atoms with E-state index in [4.69, 9.17) is 4.74 Å². The third-order valence-electron chi connectivity index (χ3n) is 6.22. The fourth-order valence-electron chi connectivity index (χ4n) is 4.31. The molecule has 3 aromatic carbocycles. The molecule has 0 unspecified atom stereocenters. The Labute approximate surface area is 191 Å². The Hall–Kier alpha value is -3.54. The second kappa shape index (κ2) is 9.14. The quantitative estimate of drug-likeness (QED) is 0.373. The molecular weight excluding hydrogens is 427 g/mol. The van der Waals surface area contributed by atoms with E-state index >= 15 is 0 Å². The largest absolute Gasteiger partial charge is 0.437 e. The monoisotopic (exact) mass is 451 g/mol. The van der Waals surface area contributed by atoms with E-state index in [9.17, 15) is 18.0 Å². The topological polar surface area (TPSA) is 29.5 Å². The molecule has 170 valence electrons. The number of carbonyl (C=O) groups excluding carboxylic acids is 1. The van der Waals surface area contributed by atoms with Gasteiger partial charge < -0.3 is 9.64 Å². The molecule has 0 spiro atoms. The van der Waals surface area contributed by atoms with Gasteiger partial charge in [-0.15, -0.1) is 6.58 Å². The first kappa shape index (κ1) is 22.6. The first-order valence-electron chi connectivity index (χ1n) is 10.7. The van der Waals surface area contributed by atoms with Crippen molar-refractivity contribution in [2.75, 3.05) is 6.54 Å². The van der Waals surface area contributed by atoms with Crippen molar-refractivity contribution in [2.45, 2.75) is 31.4 Å². The van der Waals surface area contributed by atoms with E-state index < -0.39 is 23.6 Å². The van der Waals surface area contributed by atoms with Crippen molar-refractivity contribution in [3.63, 3.8) is 0 Å². The molecule has 6 heteroatoms. The minimum atomic E-state index is -0.916. The molecule has 3 nitrogen and oxygen atoms in total. The Morgan fingerprint density at radius 2 is 1.67 bits per heavy atom. The van der Waals surface area contributed by atoms with Crippen molar-refractivity contribution in [1.29, 1.82) is 0 Å². The zero-order valence-electron chi connectivity index (χ0n) is 18.2. The van der Waals surface area contributed by atoms with E-state index in [0.29, 0.717) is 41.6 Å². The van der Waals surface area contributed by atoms with Crippen molar-refractivity contribution in [2.24, 2.45) is 0 Å². The number of rotatable bonds is 6. The number of nitrogens with zero attached hydrogens (tertiary/aromatic N) is 1. The van der Waals surface area contributed by atoms with Gasteiger partial charge in [-0.1, -0.05) is 42.5 Å². The SMILES string of the molecule is C=CC[C@@]1(c2ccc(F)cc2)CCN([C@@H](C)c2ccc(-c3ccc(F)cc3)c(F)c2)C(=O)O1. The molecule has 1 amide bonds. The first-order valence-corrected chi connectivity index (χ1v) is 10.7. The Bertz CT molecular complexity index is 1160. The normalized spacial score (nSPS) is 19.2. The summed E-state index contributed by atoms with van der Waals surface area (Å²) in [6.45, 7) is 5.97. The van der Waals surface area contributed by atoms with Gasteiger partial charge in [0, 0.05) is 24.9 Å². The van der Waals surface area contributed by atoms with Gasteiger partial charge in [-0.2, -0.15) is 0 Å². The van der Waals surface area contributed by atoms with Crippen LogP contribution in [0.5, 0.6) is 0 Å². The zero-order valence-corrected chi connectivity index (χ0v) is 18.2. The molecule has 0 saturated carbocycles. The molecular formula is C27H24F3NO2. The number of ether oxygens (including phenoxy) is 1. The average molecular weight is 451 g/mol. The summed E-state index contributed by atoms with van der Waals surface area (Å²) in [5.74, 6) is -1.21. The molecule has 4 rings (SSSR count). The Morgan fingerprint density at radius 1 is 1.03 bits per heavy atom. The van der Waals surface area contributed by atoms with Crippen molar-refractivity contribution in [1.82, 2.24) is 4.90 Å². The van der Waals surface area contributed by atoms with Crippen LogP contribution in [-0.2, 0) is 10.3 Å². The lowest BCUT2D eigenvalue weighted by atomic mass is 9.85. The van der Waals surface area contributed by atoms with Crippen LogP contribution >= 0.6 is 0 Å². The highest BCUT2D eigenvalue weighted by Crippen LogP contribution is 2.40. The summed E-state index contributed by atoms with van der Waals surface area (Å²) >= 11 is 0. The lowest BCUT2D eigenvalue weighted by Crippen LogP contribution is -2.48. The Balaban J connectivity index is 1.55. The van der Waals surface area contributed by atoms with Gasteiger partial charge in [-0.25, -0.2) is 18.0 Å². The Morgan fingerprint density at radius 3 is 2.24 bits per heavy atom. The minimum Gasteiger partial charge on any atom is -0.437 e. The number of carbonyl (C=O) groups is 1. The summed E-state index contributed by atoms with van der Waals surface area (Å²) in [7, 11) is 0. The summed E-state index contributed by atoms with van der Waals surface area (Å²) in [6.07, 6.45) is 2.03. The molecule has 3 aromatic rings. The van der Waals surface area contributed by atoms with Crippen LogP contribution in [0.15, 0.2) is 79.4 Å². The fraction of sp³-hybridized carbons (Fsp3) is 0.222. The van der Waals surface area contributed by atoms with E-state index in [1.165, 1.54) is 42.5 Å². The highest BCUT2D eigenvalue weighted by Gasteiger charge is 2.42. The summed E-state index contributed by atoms with van der Waals surface area (Å²) in [4.78, 5) is 14.6. The summed E-state index contributed by atoms with van der Waals surface area (Å²) in [5.41, 5.74) is 1.33. The van der Waals surface area contributed by atoms with Gasteiger partial charge in [0.25, 0.3) is 0 Å². The smallest absolute Gasteiger partial charge is 0.411 e. The molecule has 2 atom stereocenters. The number of cyclic esters (lactones) is 1. The first-order chi connectivity index (χ1) is 15.8. The molecule has 1 heterocycles. The highest BCUT2D eigenvalue weighted by atomic mass is 19.1. The molecule has 1 aliphatic heterocycles. The van der Waals surface area contributed by atoms with Crippen LogP contribution in [0, 0.1) is 17.5 Å². The van der Waals surface area contributed by atoms with Crippen molar-refractivity contribution in [3.8, 4) is 11.1 Å². The van der Waals surface area contributed by atoms with Crippen molar-refractivity contribution in [3.05, 3.63) is 108 Å². The molecule has 0 aliphatic carbocycles. The van der Waals surface area contributed by atoms with Gasteiger partial charge in [-0.05, 0) is 53.9 Å². The average Bonchev–Trinajstić information content (AvgIpc) is 2.80. The standard InChI is InChI=1S/C27H24F3NO2/c1-3-14-27(21-7-11-23(29)12-8-21)15-16-31(26(32)33-27)18(2)20-6-13-24(25(30)17-20)19-4-9-22(28)10-5-19/h3-13,17-18H,1,14-16H2,2H3/t18-,27-/m0/s1. The van der Waals surface area contributed by atoms with Crippen LogP contribution in [-0.4, -0.2) is 17.5 Å². The summed E-state index contributed by atoms with van der Waals surface area (Å²) < 4.78 is 47.3. The van der Waals surface area contributed by atoms with Crippen molar-refractivity contribution < 1.29 is 22.7 Å². The summed E-state index contributed by atoms with van der Waals surface area (Å²) in [6, 6.07) is 15.9. The van der Waals surface area contributed by atoms with Gasteiger partial charge in [-0.3, -0.25) is 0 Å². The third kappa shape index (κ3) is 4.51. The van der Waals surface area contributed by atoms with E-state index in [0.717, 1.165) is 0 Å². The molecule has 1 aliphatic rings. The molecule has 0 bridgehead atoms. The molecule has 33 heavy (non-hydrogen) atoms. The summed E-state index contributed by atoms with van der Waals surface area (Å²) in [5, 5.41) is 0. The second-order valence-corrected chi connectivity index (χ2v) is 8.23. The molecule has 0 N–H and O–H groups in total. The highest BCUT2D eigenvalue weighted by molar-refractivity contribution is 5.70. The maximum absolute atomic E-state index is 14.9. The lowest BCUT2D eigenvalue weighted by molar-refractivity contribution is -0.0589. The maximum atomic E-state index is 14.9. The molecule has 0 aromatic heterocycles. The number of halogens is 3. The van der Waals surface area contributed by atoms with E-state index in [-0.39, 0.29) is 11.6 Å². The van der Waals surface area contributed by atoms with Crippen LogP contribution in [0.25, 0.3) is 11.1 Å². The fourth-order valence-corrected chi connectivity index (χ4v) is 4.31. The number of amides is 1. The molecule has 0 radical (unpaired) electrons. The predicted octanol–water partition coefficient (Wildman–Crippen LogP) is 7.15. The van der Waals surface area contributed by atoms with Crippen molar-refractivity contribution >= 4 is 6.09 Å². The third-order valence-corrected chi connectivity index (χ3v) is 6.22. The number of benzene rings is 3. The van der Waals surface area contributed by atoms with Crippen LogP contribution in [0.1, 0.15) is 36.9 Å². The van der Waals surface area contributed by atoms with Crippen LogP contribution in [0.4, 0.5) is 18.0 Å². The minimum absolute atomic E-state index is 0.355. The van der Waals surface area contributed by atoms with Gasteiger partial charge in [0.2, 0.25) is 0 Å². The van der Waals surface area contributed by atoms with Gasteiger partial charge in [0.1, 0.15) is 23.1 Å². The van der Waals surface area contributed by atoms with Crippen LogP contribution < -0.4 is 0 Å². The van der Waals surface area contributed by atoms with E-state index in [1.54, 1.807) is 35.2 Å². The van der Waals surface area contributed by atoms with Crippen LogP contribution in [0.3, 0.4) is 0 Å². The van der Waals surface area contributed by atoms with E-state index in [1.807, 2.05) is 6.92 Å².